The summed E-state index contributed by atoms with van der Waals surface area (Å²) >= 11 is 0. The van der Waals surface area contributed by atoms with Crippen LogP contribution in [0.2, 0.25) is 0 Å². The summed E-state index contributed by atoms with van der Waals surface area (Å²) in [7, 11) is 1.41. The summed E-state index contributed by atoms with van der Waals surface area (Å²) in [5.74, 6) is -0.715. The number of halogens is 3. The van der Waals surface area contributed by atoms with Gasteiger partial charge in [-0.15, -0.1) is 0 Å². The lowest BCUT2D eigenvalue weighted by molar-refractivity contribution is -0.176. The maximum atomic E-state index is 11.9. The first-order chi connectivity index (χ1) is 9.31. The third kappa shape index (κ3) is 5.75. The molecule has 0 heterocycles. The molecule has 20 heavy (non-hydrogen) atoms. The standard InChI is InChI=1S/C13H13F3O4/c1-19-11-4-2-9(7-20-8-13(14,15)16)6-10(11)3-5-12(17)18/h2-6H,7-8H2,1H3,(H,17,18). The van der Waals surface area contributed by atoms with E-state index >= 15 is 0 Å². The first kappa shape index (κ1) is 16.0. The van der Waals surface area contributed by atoms with E-state index in [4.69, 9.17) is 9.84 Å². The molecule has 1 aromatic rings. The largest absolute Gasteiger partial charge is 0.496 e. The van der Waals surface area contributed by atoms with Crippen molar-refractivity contribution in [2.45, 2.75) is 12.8 Å². The molecule has 7 heteroatoms. The van der Waals surface area contributed by atoms with Gasteiger partial charge in [-0.05, 0) is 23.8 Å². The van der Waals surface area contributed by atoms with Crippen LogP contribution in [0.3, 0.4) is 0 Å². The zero-order valence-electron chi connectivity index (χ0n) is 10.6. The summed E-state index contributed by atoms with van der Waals surface area (Å²) < 4.78 is 45.4. The van der Waals surface area contributed by atoms with Crippen molar-refractivity contribution in [2.24, 2.45) is 0 Å². The second kappa shape index (κ2) is 6.95. The molecule has 0 amide bonds. The SMILES string of the molecule is COc1ccc(COCC(F)(F)F)cc1C=CC(=O)O. The summed E-state index contributed by atoms with van der Waals surface area (Å²) in [6, 6.07) is 4.59. The third-order valence-corrected chi connectivity index (χ3v) is 2.23. The number of carboxylic acid groups (broad SMARTS) is 1. The molecule has 0 spiro atoms. The molecular weight excluding hydrogens is 277 g/mol. The number of aliphatic carboxylic acids is 1. The van der Waals surface area contributed by atoms with E-state index in [-0.39, 0.29) is 6.61 Å². The van der Waals surface area contributed by atoms with Crippen molar-refractivity contribution in [1.29, 1.82) is 0 Å². The van der Waals surface area contributed by atoms with Crippen LogP contribution in [0.15, 0.2) is 24.3 Å². The number of methoxy groups -OCH3 is 1. The Kier molecular flexibility index (Phi) is 5.57. The molecule has 0 aliphatic heterocycles. The van der Waals surface area contributed by atoms with Gasteiger partial charge in [0.15, 0.2) is 0 Å². The van der Waals surface area contributed by atoms with E-state index in [0.717, 1.165) is 6.08 Å². The molecule has 0 aromatic heterocycles. The van der Waals surface area contributed by atoms with E-state index < -0.39 is 18.8 Å². The van der Waals surface area contributed by atoms with E-state index in [9.17, 15) is 18.0 Å². The van der Waals surface area contributed by atoms with Crippen molar-refractivity contribution in [3.05, 3.63) is 35.4 Å². The van der Waals surface area contributed by atoms with Crippen LogP contribution < -0.4 is 4.74 Å². The van der Waals surface area contributed by atoms with Crippen LogP contribution in [0.1, 0.15) is 11.1 Å². The second-order valence-electron chi connectivity index (χ2n) is 3.86. The summed E-state index contributed by atoms with van der Waals surface area (Å²) in [6.07, 6.45) is -2.16. The van der Waals surface area contributed by atoms with Crippen molar-refractivity contribution in [1.82, 2.24) is 0 Å². The Morgan fingerprint density at radius 3 is 2.65 bits per heavy atom. The summed E-state index contributed by atoms with van der Waals surface area (Å²) in [5.41, 5.74) is 0.933. The maximum absolute atomic E-state index is 11.9. The van der Waals surface area contributed by atoms with Crippen molar-refractivity contribution in [2.75, 3.05) is 13.7 Å². The number of ether oxygens (including phenoxy) is 2. The summed E-state index contributed by atoms with van der Waals surface area (Å²) in [5, 5.41) is 8.56. The minimum Gasteiger partial charge on any atom is -0.496 e. The summed E-state index contributed by atoms with van der Waals surface area (Å²) in [6.45, 7) is -1.56. The van der Waals surface area contributed by atoms with Crippen molar-refractivity contribution < 1.29 is 32.5 Å². The van der Waals surface area contributed by atoms with Gasteiger partial charge in [0.05, 0.1) is 13.7 Å². The zero-order chi connectivity index (χ0) is 15.2. The van der Waals surface area contributed by atoms with E-state index in [1.54, 1.807) is 6.07 Å². The minimum atomic E-state index is -4.38. The van der Waals surface area contributed by atoms with Gasteiger partial charge in [0.25, 0.3) is 0 Å². The van der Waals surface area contributed by atoms with Gasteiger partial charge >= 0.3 is 12.1 Å². The monoisotopic (exact) mass is 290 g/mol. The highest BCUT2D eigenvalue weighted by Gasteiger charge is 2.27. The Hall–Kier alpha value is -2.02. The van der Waals surface area contributed by atoms with E-state index in [2.05, 4.69) is 4.74 Å². The number of hydrogen-bond acceptors (Lipinski definition) is 3. The molecule has 0 atom stereocenters. The number of alkyl halides is 3. The molecule has 1 rings (SSSR count). The van der Waals surface area contributed by atoms with Crippen LogP contribution in [0, 0.1) is 0 Å². The predicted octanol–water partition coefficient (Wildman–Crippen LogP) is 2.87. The van der Waals surface area contributed by atoms with Crippen LogP contribution in [0.25, 0.3) is 6.08 Å². The van der Waals surface area contributed by atoms with Crippen molar-refractivity contribution >= 4 is 12.0 Å². The molecular formula is C13H13F3O4. The molecule has 0 radical (unpaired) electrons. The first-order valence-corrected chi connectivity index (χ1v) is 5.54. The Bertz CT molecular complexity index is 495. The molecule has 0 saturated heterocycles. The van der Waals surface area contributed by atoms with Gasteiger partial charge in [-0.25, -0.2) is 4.79 Å². The Morgan fingerprint density at radius 2 is 2.10 bits per heavy atom. The molecule has 0 bridgehead atoms. The van der Waals surface area contributed by atoms with E-state index in [1.165, 1.54) is 25.3 Å². The molecule has 1 N–H and O–H groups in total. The van der Waals surface area contributed by atoms with Gasteiger partial charge in [0, 0.05) is 11.6 Å². The number of carbonyl (C=O) groups is 1. The minimum absolute atomic E-state index is 0.225. The van der Waals surface area contributed by atoms with Crippen LogP contribution in [-0.2, 0) is 16.1 Å². The summed E-state index contributed by atoms with van der Waals surface area (Å²) in [4.78, 5) is 10.5. The molecule has 0 saturated carbocycles. The number of benzene rings is 1. The van der Waals surface area contributed by atoms with Crippen molar-refractivity contribution in [3.8, 4) is 5.75 Å². The van der Waals surface area contributed by atoms with Crippen LogP contribution in [0.5, 0.6) is 5.75 Å². The molecule has 0 unspecified atom stereocenters. The lowest BCUT2D eigenvalue weighted by atomic mass is 10.1. The normalized spacial score (nSPS) is 11.8. The average molecular weight is 290 g/mol. The van der Waals surface area contributed by atoms with Crippen LogP contribution in [-0.4, -0.2) is 31.0 Å². The lowest BCUT2D eigenvalue weighted by Crippen LogP contribution is -2.16. The molecule has 0 aliphatic carbocycles. The predicted molar refractivity (Wildman–Crippen MR) is 65.4 cm³/mol. The van der Waals surface area contributed by atoms with Gasteiger partial charge in [-0.1, -0.05) is 6.07 Å². The topological polar surface area (TPSA) is 55.8 Å². The molecule has 0 fully saturated rings. The maximum Gasteiger partial charge on any atom is 0.411 e. The smallest absolute Gasteiger partial charge is 0.411 e. The number of carboxylic acids is 1. The van der Waals surface area contributed by atoms with Gasteiger partial charge in [-0.3, -0.25) is 0 Å². The second-order valence-corrected chi connectivity index (χ2v) is 3.86. The Labute approximate surface area is 113 Å². The fraction of sp³-hybridized carbons (Fsp3) is 0.308. The number of hydrogen-bond donors (Lipinski definition) is 1. The molecule has 110 valence electrons. The molecule has 1 aromatic carbocycles. The highest BCUT2D eigenvalue weighted by Crippen LogP contribution is 2.22. The van der Waals surface area contributed by atoms with Crippen molar-refractivity contribution in [3.63, 3.8) is 0 Å². The van der Waals surface area contributed by atoms with Crippen LogP contribution in [0.4, 0.5) is 13.2 Å². The van der Waals surface area contributed by atoms with E-state index in [0.29, 0.717) is 16.9 Å². The molecule has 0 aliphatic rings. The Balaban J connectivity index is 2.79. The third-order valence-electron chi connectivity index (χ3n) is 2.23. The van der Waals surface area contributed by atoms with Crippen LogP contribution >= 0.6 is 0 Å². The van der Waals surface area contributed by atoms with Gasteiger partial charge < -0.3 is 14.6 Å². The number of rotatable bonds is 6. The highest BCUT2D eigenvalue weighted by molar-refractivity contribution is 5.85. The highest BCUT2D eigenvalue weighted by atomic mass is 19.4. The zero-order valence-corrected chi connectivity index (χ0v) is 10.6. The fourth-order valence-corrected chi connectivity index (χ4v) is 1.45. The van der Waals surface area contributed by atoms with Gasteiger partial charge in [0.2, 0.25) is 0 Å². The quantitative estimate of drug-likeness (QED) is 0.818. The Morgan fingerprint density at radius 1 is 1.40 bits per heavy atom. The van der Waals surface area contributed by atoms with Gasteiger partial charge in [-0.2, -0.15) is 13.2 Å². The fourth-order valence-electron chi connectivity index (χ4n) is 1.45. The average Bonchev–Trinajstić information content (AvgIpc) is 2.35. The lowest BCUT2D eigenvalue weighted by Gasteiger charge is -2.10. The van der Waals surface area contributed by atoms with E-state index in [1.807, 2.05) is 0 Å². The molecule has 4 nitrogen and oxygen atoms in total. The first-order valence-electron chi connectivity index (χ1n) is 5.54. The van der Waals surface area contributed by atoms with Gasteiger partial charge in [0.1, 0.15) is 12.4 Å².